The fourth-order valence-corrected chi connectivity index (χ4v) is 3.38. The standard InChI is InChI=1S/C21H22ClN5O2/c22-17-8-6-16(7-9-17)14-23-15-19-20-21(28)26(10-11-27(20)25-24-19)12-13-29-18-4-2-1-3-5-18/h1-9,23H,10-15H2. The number of halogens is 1. The molecule has 0 bridgehead atoms. The number of hydrogen-bond donors (Lipinski definition) is 1. The van der Waals surface area contributed by atoms with E-state index in [0.29, 0.717) is 55.7 Å². The molecule has 3 aromatic rings. The van der Waals surface area contributed by atoms with Crippen molar-refractivity contribution in [3.05, 3.63) is 76.6 Å². The first-order valence-electron chi connectivity index (χ1n) is 9.55. The van der Waals surface area contributed by atoms with Gasteiger partial charge in [-0.05, 0) is 29.8 Å². The molecule has 1 aromatic heterocycles. The molecule has 0 atom stereocenters. The number of fused-ring (bicyclic) bond motifs is 1. The number of nitrogens with one attached hydrogen (secondary N) is 1. The maximum absolute atomic E-state index is 12.9. The van der Waals surface area contributed by atoms with Crippen LogP contribution in [0.15, 0.2) is 54.6 Å². The van der Waals surface area contributed by atoms with Crippen LogP contribution < -0.4 is 10.1 Å². The zero-order chi connectivity index (χ0) is 20.1. The van der Waals surface area contributed by atoms with Gasteiger partial charge in [-0.3, -0.25) is 4.79 Å². The average molecular weight is 412 g/mol. The first-order valence-corrected chi connectivity index (χ1v) is 9.93. The quantitative estimate of drug-likeness (QED) is 0.617. The minimum Gasteiger partial charge on any atom is -0.492 e. The molecule has 2 heterocycles. The molecule has 7 nitrogen and oxygen atoms in total. The van der Waals surface area contributed by atoms with Crippen molar-refractivity contribution in [1.82, 2.24) is 25.2 Å². The lowest BCUT2D eigenvalue weighted by atomic mass is 10.2. The lowest BCUT2D eigenvalue weighted by Crippen LogP contribution is -2.43. The Hall–Kier alpha value is -2.90. The van der Waals surface area contributed by atoms with E-state index in [9.17, 15) is 4.79 Å². The lowest BCUT2D eigenvalue weighted by molar-refractivity contribution is 0.0668. The maximum atomic E-state index is 12.9. The summed E-state index contributed by atoms with van der Waals surface area (Å²) in [5, 5.41) is 12.4. The summed E-state index contributed by atoms with van der Waals surface area (Å²) < 4.78 is 7.42. The summed E-state index contributed by atoms with van der Waals surface area (Å²) in [5.74, 6) is 0.747. The highest BCUT2D eigenvalue weighted by Gasteiger charge is 2.29. The first kappa shape index (κ1) is 19.4. The van der Waals surface area contributed by atoms with E-state index in [2.05, 4.69) is 15.6 Å². The smallest absolute Gasteiger partial charge is 0.274 e. The molecule has 1 aliphatic rings. The van der Waals surface area contributed by atoms with Crippen LogP contribution in [-0.2, 0) is 19.6 Å². The van der Waals surface area contributed by atoms with Gasteiger partial charge in [0.2, 0.25) is 0 Å². The fourth-order valence-electron chi connectivity index (χ4n) is 3.26. The van der Waals surface area contributed by atoms with Gasteiger partial charge in [-0.1, -0.05) is 47.1 Å². The summed E-state index contributed by atoms with van der Waals surface area (Å²) in [6.45, 7) is 3.34. The van der Waals surface area contributed by atoms with Crippen molar-refractivity contribution >= 4 is 17.5 Å². The Labute approximate surface area is 174 Å². The molecule has 0 radical (unpaired) electrons. The van der Waals surface area contributed by atoms with Crippen molar-refractivity contribution < 1.29 is 9.53 Å². The molecule has 0 saturated carbocycles. The summed E-state index contributed by atoms with van der Waals surface area (Å²) >= 11 is 5.91. The summed E-state index contributed by atoms with van der Waals surface area (Å²) in [5.41, 5.74) is 2.33. The largest absolute Gasteiger partial charge is 0.492 e. The van der Waals surface area contributed by atoms with E-state index >= 15 is 0 Å². The third-order valence-electron chi connectivity index (χ3n) is 4.78. The second kappa shape index (κ2) is 9.07. The number of ether oxygens (including phenoxy) is 1. The molecule has 0 spiro atoms. The predicted octanol–water partition coefficient (Wildman–Crippen LogP) is 2.76. The molecule has 1 aliphatic heterocycles. The molecule has 0 unspecified atom stereocenters. The average Bonchev–Trinajstić information content (AvgIpc) is 3.16. The molecule has 29 heavy (non-hydrogen) atoms. The Bertz CT molecular complexity index is 959. The van der Waals surface area contributed by atoms with Gasteiger partial charge in [0.1, 0.15) is 18.1 Å². The summed E-state index contributed by atoms with van der Waals surface area (Å²) in [4.78, 5) is 14.7. The number of amides is 1. The van der Waals surface area contributed by atoms with E-state index in [-0.39, 0.29) is 5.91 Å². The monoisotopic (exact) mass is 411 g/mol. The van der Waals surface area contributed by atoms with Crippen LogP contribution in [0, 0.1) is 0 Å². The minimum atomic E-state index is -0.0544. The van der Waals surface area contributed by atoms with Crippen LogP contribution >= 0.6 is 11.6 Å². The van der Waals surface area contributed by atoms with Crippen LogP contribution in [0.25, 0.3) is 0 Å². The molecule has 0 fully saturated rings. The lowest BCUT2D eigenvalue weighted by Gasteiger charge is -2.27. The summed E-state index contributed by atoms with van der Waals surface area (Å²) in [6, 6.07) is 17.3. The van der Waals surface area contributed by atoms with Crippen LogP contribution in [-0.4, -0.2) is 45.5 Å². The molecule has 4 rings (SSSR count). The predicted molar refractivity (Wildman–Crippen MR) is 110 cm³/mol. The molecule has 150 valence electrons. The van der Waals surface area contributed by atoms with E-state index < -0.39 is 0 Å². The van der Waals surface area contributed by atoms with E-state index in [4.69, 9.17) is 16.3 Å². The van der Waals surface area contributed by atoms with Crippen molar-refractivity contribution in [2.75, 3.05) is 19.7 Å². The van der Waals surface area contributed by atoms with E-state index in [1.807, 2.05) is 54.6 Å². The third kappa shape index (κ3) is 4.75. The van der Waals surface area contributed by atoms with Crippen LogP contribution in [0.3, 0.4) is 0 Å². The Morgan fingerprint density at radius 2 is 1.83 bits per heavy atom. The SMILES string of the molecule is O=C1c2c(CNCc3ccc(Cl)cc3)nnn2CCN1CCOc1ccccc1. The third-order valence-corrected chi connectivity index (χ3v) is 5.04. The molecule has 1 N–H and O–H groups in total. The van der Waals surface area contributed by atoms with Crippen LogP contribution in [0.2, 0.25) is 5.02 Å². The van der Waals surface area contributed by atoms with Gasteiger partial charge in [0.05, 0.1) is 13.1 Å². The van der Waals surface area contributed by atoms with E-state index in [1.54, 1.807) is 9.58 Å². The number of hydrogen-bond acceptors (Lipinski definition) is 5. The molecule has 2 aromatic carbocycles. The van der Waals surface area contributed by atoms with Crippen molar-refractivity contribution in [3.63, 3.8) is 0 Å². The van der Waals surface area contributed by atoms with Crippen LogP contribution in [0.1, 0.15) is 21.7 Å². The van der Waals surface area contributed by atoms with Gasteiger partial charge in [-0.25, -0.2) is 4.68 Å². The highest BCUT2D eigenvalue weighted by atomic mass is 35.5. The summed E-state index contributed by atoms with van der Waals surface area (Å²) in [7, 11) is 0. The summed E-state index contributed by atoms with van der Waals surface area (Å²) in [6.07, 6.45) is 0. The van der Waals surface area contributed by atoms with E-state index in [1.165, 1.54) is 0 Å². The van der Waals surface area contributed by atoms with Gasteiger partial charge in [0.25, 0.3) is 5.91 Å². The van der Waals surface area contributed by atoms with Crippen molar-refractivity contribution in [2.24, 2.45) is 0 Å². The van der Waals surface area contributed by atoms with Crippen molar-refractivity contribution in [1.29, 1.82) is 0 Å². The number of benzene rings is 2. The highest BCUT2D eigenvalue weighted by molar-refractivity contribution is 6.30. The maximum Gasteiger partial charge on any atom is 0.274 e. The van der Waals surface area contributed by atoms with Gasteiger partial charge >= 0.3 is 0 Å². The second-order valence-electron chi connectivity index (χ2n) is 6.79. The van der Waals surface area contributed by atoms with Crippen LogP contribution in [0.5, 0.6) is 5.75 Å². The molecule has 0 saturated heterocycles. The van der Waals surface area contributed by atoms with Crippen LogP contribution in [0.4, 0.5) is 0 Å². The number of carbonyl (C=O) groups excluding carboxylic acids is 1. The topological polar surface area (TPSA) is 72.3 Å². The fraction of sp³-hybridized carbons (Fsp3) is 0.286. The molecular weight excluding hydrogens is 390 g/mol. The Kier molecular flexibility index (Phi) is 6.07. The number of nitrogens with zero attached hydrogens (tertiary/aromatic N) is 4. The zero-order valence-corrected chi connectivity index (χ0v) is 16.7. The normalized spacial score (nSPS) is 13.4. The van der Waals surface area contributed by atoms with Gasteiger partial charge < -0.3 is 15.0 Å². The number of rotatable bonds is 8. The Morgan fingerprint density at radius 3 is 2.62 bits per heavy atom. The molecule has 8 heteroatoms. The van der Waals surface area contributed by atoms with E-state index in [0.717, 1.165) is 11.3 Å². The number of carbonyl (C=O) groups is 1. The zero-order valence-electron chi connectivity index (χ0n) is 15.9. The van der Waals surface area contributed by atoms with Gasteiger partial charge in [0, 0.05) is 24.7 Å². The van der Waals surface area contributed by atoms with Gasteiger partial charge in [-0.15, -0.1) is 5.10 Å². The second-order valence-corrected chi connectivity index (χ2v) is 7.23. The number of para-hydroxylation sites is 1. The Balaban J connectivity index is 1.33. The van der Waals surface area contributed by atoms with Gasteiger partial charge in [0.15, 0.2) is 5.69 Å². The molecule has 1 amide bonds. The van der Waals surface area contributed by atoms with Gasteiger partial charge in [-0.2, -0.15) is 0 Å². The highest BCUT2D eigenvalue weighted by Crippen LogP contribution is 2.16. The number of aromatic nitrogens is 3. The van der Waals surface area contributed by atoms with Crippen molar-refractivity contribution in [2.45, 2.75) is 19.6 Å². The Morgan fingerprint density at radius 1 is 1.03 bits per heavy atom. The molecule has 0 aliphatic carbocycles. The van der Waals surface area contributed by atoms with Crippen molar-refractivity contribution in [3.8, 4) is 5.75 Å². The minimum absolute atomic E-state index is 0.0544. The first-order chi connectivity index (χ1) is 14.2. The molecular formula is C21H22ClN5O2.